The van der Waals surface area contributed by atoms with Crippen molar-refractivity contribution < 1.29 is 4.74 Å². The Morgan fingerprint density at radius 2 is 1.92 bits per heavy atom. The minimum absolute atomic E-state index is 0.583. The van der Waals surface area contributed by atoms with Gasteiger partial charge in [0.2, 0.25) is 0 Å². The Morgan fingerprint density at radius 1 is 1.25 bits per heavy atom. The summed E-state index contributed by atoms with van der Waals surface area (Å²) < 4.78 is 5.65. The second kappa shape index (κ2) is 4.12. The van der Waals surface area contributed by atoms with Gasteiger partial charge in [-0.3, -0.25) is 0 Å². The van der Waals surface area contributed by atoms with Crippen LogP contribution < -0.4 is 0 Å². The van der Waals surface area contributed by atoms with E-state index >= 15 is 0 Å². The Kier molecular flexibility index (Phi) is 3.62. The third-order valence-corrected chi connectivity index (χ3v) is 4.79. The molecule has 0 spiro atoms. The maximum Gasteiger partial charge on any atom is 0.0819 e. The fraction of sp³-hybridized carbons (Fsp3) is 1.00. The van der Waals surface area contributed by atoms with Crippen molar-refractivity contribution in [3.63, 3.8) is 0 Å². The summed E-state index contributed by atoms with van der Waals surface area (Å²) in [4.78, 5) is 0. The molecule has 1 fully saturated rings. The molecule has 0 N–H and O–H groups in total. The van der Waals surface area contributed by atoms with E-state index in [1.165, 1.54) is 12.8 Å². The molecule has 1 nitrogen and oxygen atoms in total. The Hall–Kier alpha value is 0.467. The minimum atomic E-state index is -1.00. The molecule has 2 atom stereocenters. The largest absolute Gasteiger partial charge is 0.373 e. The lowest BCUT2D eigenvalue weighted by molar-refractivity contribution is 0.380. The smallest absolute Gasteiger partial charge is 0.0819 e. The number of hydrogen-bond acceptors (Lipinski definition) is 1. The maximum absolute atomic E-state index is 5.65. The molecule has 3 heteroatoms. The van der Waals surface area contributed by atoms with Gasteiger partial charge in [-0.25, -0.2) is 0 Å². The highest BCUT2D eigenvalue weighted by Crippen LogP contribution is 2.34. The van der Waals surface area contributed by atoms with E-state index < -0.39 is 8.07 Å². The molecule has 0 bridgehead atoms. The number of hydrogen-bond donors (Lipinski definition) is 0. The van der Waals surface area contributed by atoms with E-state index in [0.29, 0.717) is 11.8 Å². The van der Waals surface area contributed by atoms with Crippen LogP contribution >= 0.6 is 11.6 Å². The van der Waals surface area contributed by atoms with Crippen LogP contribution in [0, 0.1) is 0 Å². The first-order valence-corrected chi connectivity index (χ1v) is 8.88. The number of epoxide rings is 1. The molecule has 1 rings (SSSR count). The average molecular weight is 207 g/mol. The standard InChI is InChI=1S/C9H19ClOSi/c1-12(2,3)9-8(11-9)6-4-5-7-10/h8-9H,4-7H2,1-3H3/t8-,9-/m1/s1. The van der Waals surface area contributed by atoms with Gasteiger partial charge in [0.1, 0.15) is 0 Å². The fourth-order valence-electron chi connectivity index (χ4n) is 1.56. The predicted octanol–water partition coefficient (Wildman–Crippen LogP) is 3.04. The van der Waals surface area contributed by atoms with E-state index in [1.807, 2.05) is 0 Å². The highest BCUT2D eigenvalue weighted by atomic mass is 35.5. The highest BCUT2D eigenvalue weighted by molar-refractivity contribution is 6.78. The third-order valence-electron chi connectivity index (χ3n) is 2.31. The molecule has 0 saturated carbocycles. The van der Waals surface area contributed by atoms with Gasteiger partial charge in [-0.05, 0) is 19.3 Å². The molecule has 1 heterocycles. The first-order chi connectivity index (χ1) is 5.55. The van der Waals surface area contributed by atoms with E-state index in [2.05, 4.69) is 19.6 Å². The zero-order valence-corrected chi connectivity index (χ0v) is 10.0. The van der Waals surface area contributed by atoms with Gasteiger partial charge in [0.25, 0.3) is 0 Å². The number of ether oxygens (including phenoxy) is 1. The summed E-state index contributed by atoms with van der Waals surface area (Å²) in [6, 6.07) is 0. The van der Waals surface area contributed by atoms with Crippen molar-refractivity contribution in [3.05, 3.63) is 0 Å². The quantitative estimate of drug-likeness (QED) is 0.292. The Bertz CT molecular complexity index is 144. The Morgan fingerprint density at radius 3 is 2.33 bits per heavy atom. The van der Waals surface area contributed by atoms with Crippen LogP contribution in [0.1, 0.15) is 19.3 Å². The van der Waals surface area contributed by atoms with Crippen LogP contribution in [0.4, 0.5) is 0 Å². The first-order valence-electron chi connectivity index (χ1n) is 4.77. The third kappa shape index (κ3) is 3.07. The average Bonchev–Trinajstić information content (AvgIpc) is 2.66. The first kappa shape index (κ1) is 10.5. The molecule has 72 valence electrons. The number of unbranched alkanes of at least 4 members (excludes halogenated alkanes) is 1. The lowest BCUT2D eigenvalue weighted by atomic mass is 10.2. The van der Waals surface area contributed by atoms with Gasteiger partial charge in [0.15, 0.2) is 0 Å². The summed E-state index contributed by atoms with van der Waals surface area (Å²) >= 11 is 5.60. The summed E-state index contributed by atoms with van der Waals surface area (Å²) in [7, 11) is -1.00. The highest BCUT2D eigenvalue weighted by Gasteiger charge is 2.47. The van der Waals surface area contributed by atoms with E-state index in [1.54, 1.807) is 0 Å². The zero-order chi connectivity index (χ0) is 9.19. The van der Waals surface area contributed by atoms with Crippen molar-refractivity contribution in [2.45, 2.75) is 50.7 Å². The van der Waals surface area contributed by atoms with Crippen LogP contribution in [-0.4, -0.2) is 25.8 Å². The molecule has 0 aromatic carbocycles. The van der Waals surface area contributed by atoms with Crippen LogP contribution in [0.25, 0.3) is 0 Å². The lowest BCUT2D eigenvalue weighted by Crippen LogP contribution is -2.30. The van der Waals surface area contributed by atoms with Gasteiger partial charge in [-0.15, -0.1) is 11.6 Å². The van der Waals surface area contributed by atoms with E-state index in [0.717, 1.165) is 12.3 Å². The van der Waals surface area contributed by atoms with E-state index in [4.69, 9.17) is 16.3 Å². The van der Waals surface area contributed by atoms with Gasteiger partial charge >= 0.3 is 0 Å². The molecule has 1 saturated heterocycles. The monoisotopic (exact) mass is 206 g/mol. The molecule has 0 aromatic rings. The van der Waals surface area contributed by atoms with Crippen molar-refractivity contribution in [2.24, 2.45) is 0 Å². The molecule has 1 aliphatic heterocycles. The van der Waals surface area contributed by atoms with Gasteiger partial charge in [0, 0.05) is 5.88 Å². The summed E-state index contributed by atoms with van der Waals surface area (Å²) in [5.41, 5.74) is 0.632. The van der Waals surface area contributed by atoms with Crippen LogP contribution in [0.15, 0.2) is 0 Å². The van der Waals surface area contributed by atoms with Crippen LogP contribution in [-0.2, 0) is 4.74 Å². The summed E-state index contributed by atoms with van der Waals surface area (Å²) in [5.74, 6) is 0.796. The Labute approximate surface area is 81.5 Å². The van der Waals surface area contributed by atoms with Crippen LogP contribution in [0.2, 0.25) is 19.6 Å². The maximum atomic E-state index is 5.65. The molecule has 0 amide bonds. The molecular formula is C9H19ClOSi. The topological polar surface area (TPSA) is 12.5 Å². The lowest BCUT2D eigenvalue weighted by Gasteiger charge is -2.10. The number of alkyl halides is 1. The van der Waals surface area contributed by atoms with Crippen molar-refractivity contribution in [3.8, 4) is 0 Å². The molecular weight excluding hydrogens is 188 g/mol. The van der Waals surface area contributed by atoms with Crippen molar-refractivity contribution in [1.29, 1.82) is 0 Å². The van der Waals surface area contributed by atoms with Crippen LogP contribution in [0.3, 0.4) is 0 Å². The molecule has 12 heavy (non-hydrogen) atoms. The minimum Gasteiger partial charge on any atom is -0.373 e. The summed E-state index contributed by atoms with van der Waals surface area (Å²) in [5, 5.41) is 0. The second-order valence-corrected chi connectivity index (χ2v) is 10.3. The van der Waals surface area contributed by atoms with Gasteiger partial charge in [0.05, 0.1) is 19.9 Å². The predicted molar refractivity (Wildman–Crippen MR) is 56.6 cm³/mol. The van der Waals surface area contributed by atoms with Gasteiger partial charge in [-0.1, -0.05) is 19.6 Å². The normalized spacial score (nSPS) is 29.0. The summed E-state index contributed by atoms with van der Waals surface area (Å²) in [6.45, 7) is 7.12. The molecule has 0 aromatic heterocycles. The summed E-state index contributed by atoms with van der Waals surface area (Å²) in [6.07, 6.45) is 4.18. The van der Waals surface area contributed by atoms with Crippen LogP contribution in [0.5, 0.6) is 0 Å². The number of rotatable bonds is 5. The molecule has 0 radical (unpaired) electrons. The fourth-order valence-corrected chi connectivity index (χ4v) is 3.62. The van der Waals surface area contributed by atoms with Gasteiger partial charge in [-0.2, -0.15) is 0 Å². The zero-order valence-electron chi connectivity index (χ0n) is 8.27. The molecule has 1 aliphatic rings. The number of halogens is 1. The Balaban J connectivity index is 2.08. The van der Waals surface area contributed by atoms with Gasteiger partial charge < -0.3 is 4.74 Å². The van der Waals surface area contributed by atoms with Crippen molar-refractivity contribution in [1.82, 2.24) is 0 Å². The molecule has 0 aliphatic carbocycles. The van der Waals surface area contributed by atoms with E-state index in [9.17, 15) is 0 Å². The molecule has 0 unspecified atom stereocenters. The van der Waals surface area contributed by atoms with E-state index in [-0.39, 0.29) is 0 Å². The second-order valence-electron chi connectivity index (χ2n) is 4.65. The van der Waals surface area contributed by atoms with Crippen molar-refractivity contribution >= 4 is 19.7 Å². The van der Waals surface area contributed by atoms with Crippen molar-refractivity contribution in [2.75, 3.05) is 5.88 Å². The SMILES string of the molecule is C[Si](C)(C)[C@H]1O[C@@H]1CCCCCl.